The quantitative estimate of drug-likeness (QED) is 0.854. The molecule has 0 saturated heterocycles. The predicted octanol–water partition coefficient (Wildman–Crippen LogP) is 3.19. The fourth-order valence-electron chi connectivity index (χ4n) is 2.52. The van der Waals surface area contributed by atoms with E-state index >= 15 is 0 Å². The average molecular weight is 320 g/mol. The second-order valence-corrected chi connectivity index (χ2v) is 6.68. The Morgan fingerprint density at radius 2 is 2.14 bits per heavy atom. The number of fused-ring (bicyclic) bond motifs is 1. The Morgan fingerprint density at radius 3 is 2.90 bits per heavy atom. The van der Waals surface area contributed by atoms with Gasteiger partial charge in [-0.3, -0.25) is 4.79 Å². The lowest BCUT2D eigenvalue weighted by Gasteiger charge is -2.16. The number of amides is 1. The number of hydrogen-bond acceptors (Lipinski definition) is 3. The van der Waals surface area contributed by atoms with Crippen LogP contribution in [-0.2, 0) is 11.2 Å². The molecule has 108 valence electrons. The SMILES string of the molecule is O=C(/C=C/c1ccc(Cl)s1)N[C@H]1c2ccccc2C[C@H]1O. The Hall–Kier alpha value is -1.62. The number of nitrogens with one attached hydrogen (secondary N) is 1. The maximum Gasteiger partial charge on any atom is 0.244 e. The maximum atomic E-state index is 12.0. The fraction of sp³-hybridized carbons (Fsp3) is 0.188. The van der Waals surface area contributed by atoms with Crippen molar-refractivity contribution < 1.29 is 9.90 Å². The zero-order valence-electron chi connectivity index (χ0n) is 11.1. The molecule has 1 aromatic carbocycles. The van der Waals surface area contributed by atoms with Crippen LogP contribution in [0.5, 0.6) is 0 Å². The number of aliphatic hydroxyl groups excluding tert-OH is 1. The molecule has 2 N–H and O–H groups in total. The Labute approximate surface area is 131 Å². The van der Waals surface area contributed by atoms with Crippen LogP contribution >= 0.6 is 22.9 Å². The van der Waals surface area contributed by atoms with E-state index in [1.54, 1.807) is 12.1 Å². The van der Waals surface area contributed by atoms with Gasteiger partial charge in [0.25, 0.3) is 0 Å². The number of aliphatic hydroxyl groups is 1. The molecular formula is C16H14ClNO2S. The Balaban J connectivity index is 1.69. The highest BCUT2D eigenvalue weighted by molar-refractivity contribution is 7.17. The summed E-state index contributed by atoms with van der Waals surface area (Å²) in [7, 11) is 0. The van der Waals surface area contributed by atoms with E-state index in [-0.39, 0.29) is 11.9 Å². The van der Waals surface area contributed by atoms with Gasteiger partial charge >= 0.3 is 0 Å². The van der Waals surface area contributed by atoms with Crippen LogP contribution < -0.4 is 5.32 Å². The molecule has 2 atom stereocenters. The van der Waals surface area contributed by atoms with Gasteiger partial charge in [0.15, 0.2) is 0 Å². The van der Waals surface area contributed by atoms with E-state index in [0.717, 1.165) is 16.0 Å². The van der Waals surface area contributed by atoms with Gasteiger partial charge in [0.1, 0.15) is 0 Å². The van der Waals surface area contributed by atoms with E-state index < -0.39 is 6.10 Å². The molecule has 0 bridgehead atoms. The number of hydrogen-bond donors (Lipinski definition) is 2. The second kappa shape index (κ2) is 6.02. The summed E-state index contributed by atoms with van der Waals surface area (Å²) in [5.41, 5.74) is 2.08. The molecule has 0 fully saturated rings. The average Bonchev–Trinajstić information content (AvgIpc) is 3.01. The highest BCUT2D eigenvalue weighted by Gasteiger charge is 2.31. The van der Waals surface area contributed by atoms with Crippen LogP contribution in [0.2, 0.25) is 4.34 Å². The summed E-state index contributed by atoms with van der Waals surface area (Å²) >= 11 is 7.25. The smallest absolute Gasteiger partial charge is 0.244 e. The number of rotatable bonds is 3. The summed E-state index contributed by atoms with van der Waals surface area (Å²) < 4.78 is 0.690. The molecule has 0 saturated carbocycles. The van der Waals surface area contributed by atoms with Gasteiger partial charge in [-0.1, -0.05) is 35.9 Å². The standard InChI is InChI=1S/C16H14ClNO2S/c17-14-7-5-11(21-14)6-8-15(20)18-16-12-4-2-1-3-10(12)9-13(16)19/h1-8,13,16,19H,9H2,(H,18,20)/b8-6+/t13-,16+/m1/s1. The Morgan fingerprint density at radius 1 is 1.33 bits per heavy atom. The van der Waals surface area contributed by atoms with Crippen LogP contribution in [0.3, 0.4) is 0 Å². The Kier molecular flexibility index (Phi) is 4.10. The predicted molar refractivity (Wildman–Crippen MR) is 85.4 cm³/mol. The maximum absolute atomic E-state index is 12.0. The van der Waals surface area contributed by atoms with Gasteiger partial charge in [-0.2, -0.15) is 0 Å². The number of carbonyl (C=O) groups excluding carboxylic acids is 1. The van der Waals surface area contributed by atoms with E-state index in [1.165, 1.54) is 17.4 Å². The topological polar surface area (TPSA) is 49.3 Å². The lowest BCUT2D eigenvalue weighted by molar-refractivity contribution is -0.117. The largest absolute Gasteiger partial charge is 0.390 e. The van der Waals surface area contributed by atoms with E-state index in [4.69, 9.17) is 11.6 Å². The number of thiophene rings is 1. The van der Waals surface area contributed by atoms with Gasteiger partial charge in [-0.15, -0.1) is 11.3 Å². The molecule has 1 aromatic heterocycles. The molecule has 3 nitrogen and oxygen atoms in total. The van der Waals surface area contributed by atoms with Gasteiger partial charge in [-0.25, -0.2) is 0 Å². The van der Waals surface area contributed by atoms with Crippen LogP contribution in [0.1, 0.15) is 22.0 Å². The lowest BCUT2D eigenvalue weighted by Crippen LogP contribution is -2.32. The third-order valence-corrected chi connectivity index (χ3v) is 4.69. The number of benzene rings is 1. The van der Waals surface area contributed by atoms with Crippen molar-refractivity contribution in [2.45, 2.75) is 18.6 Å². The van der Waals surface area contributed by atoms with Crippen molar-refractivity contribution in [2.24, 2.45) is 0 Å². The van der Waals surface area contributed by atoms with Gasteiger partial charge in [0.05, 0.1) is 16.5 Å². The van der Waals surface area contributed by atoms with Crippen molar-refractivity contribution in [1.82, 2.24) is 5.32 Å². The lowest BCUT2D eigenvalue weighted by atomic mass is 10.1. The highest BCUT2D eigenvalue weighted by Crippen LogP contribution is 2.31. The van der Waals surface area contributed by atoms with Gasteiger partial charge < -0.3 is 10.4 Å². The molecule has 0 unspecified atom stereocenters. The molecule has 1 aliphatic rings. The number of carbonyl (C=O) groups is 1. The second-order valence-electron chi connectivity index (χ2n) is 4.93. The van der Waals surface area contributed by atoms with Crippen LogP contribution in [0.4, 0.5) is 0 Å². The molecule has 0 aliphatic heterocycles. The third-order valence-electron chi connectivity index (χ3n) is 3.49. The normalized spacial score (nSPS) is 20.7. The minimum absolute atomic E-state index is 0.222. The van der Waals surface area contributed by atoms with Crippen molar-refractivity contribution >= 4 is 34.9 Å². The van der Waals surface area contributed by atoms with E-state index in [0.29, 0.717) is 10.8 Å². The molecule has 0 spiro atoms. The molecule has 2 aromatic rings. The summed E-state index contributed by atoms with van der Waals surface area (Å²) in [6, 6.07) is 11.1. The summed E-state index contributed by atoms with van der Waals surface area (Å²) in [5, 5.41) is 13.0. The minimum atomic E-state index is -0.573. The van der Waals surface area contributed by atoms with E-state index in [1.807, 2.05) is 30.3 Å². The summed E-state index contributed by atoms with van der Waals surface area (Å²) in [4.78, 5) is 12.9. The van der Waals surface area contributed by atoms with Crippen molar-refractivity contribution in [1.29, 1.82) is 0 Å². The van der Waals surface area contributed by atoms with Crippen LogP contribution in [0.25, 0.3) is 6.08 Å². The Bertz CT molecular complexity index is 695. The minimum Gasteiger partial charge on any atom is -0.390 e. The first kappa shape index (κ1) is 14.3. The monoisotopic (exact) mass is 319 g/mol. The number of halogens is 1. The van der Waals surface area contributed by atoms with Gasteiger partial charge in [0.2, 0.25) is 5.91 Å². The zero-order chi connectivity index (χ0) is 14.8. The molecular weight excluding hydrogens is 306 g/mol. The molecule has 0 radical (unpaired) electrons. The molecule has 21 heavy (non-hydrogen) atoms. The molecule has 5 heteroatoms. The zero-order valence-corrected chi connectivity index (χ0v) is 12.7. The first-order valence-corrected chi connectivity index (χ1v) is 7.83. The van der Waals surface area contributed by atoms with Gasteiger partial charge in [0, 0.05) is 17.4 Å². The van der Waals surface area contributed by atoms with Crippen LogP contribution in [-0.4, -0.2) is 17.1 Å². The summed E-state index contributed by atoms with van der Waals surface area (Å²) in [5.74, 6) is -0.222. The van der Waals surface area contributed by atoms with Crippen molar-refractivity contribution in [2.75, 3.05) is 0 Å². The highest BCUT2D eigenvalue weighted by atomic mass is 35.5. The first-order chi connectivity index (χ1) is 10.1. The van der Waals surface area contributed by atoms with Crippen molar-refractivity contribution in [3.63, 3.8) is 0 Å². The van der Waals surface area contributed by atoms with Crippen molar-refractivity contribution in [3.8, 4) is 0 Å². The fourth-order valence-corrected chi connectivity index (χ4v) is 3.49. The van der Waals surface area contributed by atoms with Crippen LogP contribution in [0, 0.1) is 0 Å². The molecule has 1 heterocycles. The summed E-state index contributed by atoms with van der Waals surface area (Å²) in [6.45, 7) is 0. The molecule has 1 amide bonds. The van der Waals surface area contributed by atoms with E-state index in [2.05, 4.69) is 5.32 Å². The molecule has 3 rings (SSSR count). The van der Waals surface area contributed by atoms with Crippen LogP contribution in [0.15, 0.2) is 42.5 Å². The third kappa shape index (κ3) is 3.18. The van der Waals surface area contributed by atoms with E-state index in [9.17, 15) is 9.90 Å². The first-order valence-electron chi connectivity index (χ1n) is 6.63. The molecule has 1 aliphatic carbocycles. The van der Waals surface area contributed by atoms with Gasteiger partial charge in [-0.05, 0) is 29.3 Å². The van der Waals surface area contributed by atoms with Crippen molar-refractivity contribution in [3.05, 3.63) is 62.8 Å². The summed E-state index contributed by atoms with van der Waals surface area (Å²) in [6.07, 6.45) is 3.19.